The zero-order valence-electron chi connectivity index (χ0n) is 35.9. The third kappa shape index (κ3) is 40.4. The van der Waals surface area contributed by atoms with E-state index in [0.29, 0.717) is 17.4 Å². The lowest BCUT2D eigenvalue weighted by Crippen LogP contribution is -2.37. The number of unbranched alkanes of at least 4 members (excludes halogenated alkanes) is 25. The highest BCUT2D eigenvalue weighted by molar-refractivity contribution is 7.45. The summed E-state index contributed by atoms with van der Waals surface area (Å²) in [6, 6.07) is 0. The molecule has 0 heterocycles. The third-order valence-electron chi connectivity index (χ3n) is 9.79. The number of quaternary nitrogens is 1. The van der Waals surface area contributed by atoms with E-state index in [1.807, 2.05) is 21.1 Å². The average molecular weight is 788 g/mol. The van der Waals surface area contributed by atoms with Crippen molar-refractivity contribution < 1.29 is 42.1 Å². The summed E-state index contributed by atoms with van der Waals surface area (Å²) in [5.74, 6) is -0.834. The molecule has 0 radical (unpaired) electrons. The molecule has 0 aromatic heterocycles. The molecule has 0 aliphatic carbocycles. The number of nitrogens with zero attached hydrogens (tertiary/aromatic N) is 1. The van der Waals surface area contributed by atoms with Crippen molar-refractivity contribution in [3.8, 4) is 0 Å². The number of hydrogen-bond acceptors (Lipinski definition) is 8. The Kier molecular flexibility index (Phi) is 36.5. The summed E-state index contributed by atoms with van der Waals surface area (Å²) < 4.78 is 33.9. The van der Waals surface area contributed by atoms with Gasteiger partial charge in [-0.25, -0.2) is 0 Å². The van der Waals surface area contributed by atoms with Crippen LogP contribution in [0.4, 0.5) is 0 Å². The minimum Gasteiger partial charge on any atom is -0.756 e. The Balaban J connectivity index is 4.34. The number of rotatable bonds is 41. The van der Waals surface area contributed by atoms with Crippen LogP contribution in [0, 0.1) is 0 Å². The minimum absolute atomic E-state index is 0.0289. The normalized spacial score (nSPS) is 13.7. The molecule has 2 atom stereocenters. The molecule has 320 valence electrons. The zero-order chi connectivity index (χ0) is 40.0. The summed E-state index contributed by atoms with van der Waals surface area (Å²) in [6.45, 7) is 4.23. The van der Waals surface area contributed by atoms with Gasteiger partial charge in [-0.15, -0.1) is 0 Å². The number of allylic oxidation sites excluding steroid dienone is 2. The molecule has 0 saturated carbocycles. The predicted molar refractivity (Wildman–Crippen MR) is 222 cm³/mol. The number of esters is 2. The Morgan fingerprint density at radius 1 is 0.556 bits per heavy atom. The lowest BCUT2D eigenvalue weighted by molar-refractivity contribution is -0.870. The first-order valence-corrected chi connectivity index (χ1v) is 23.9. The highest BCUT2D eigenvalue weighted by atomic mass is 31.2. The standard InChI is InChI=1S/C44H86NO8P/c1-6-8-10-12-14-16-18-20-22-24-26-28-30-32-34-36-43(46)50-40-42(41-52-54(48,49)51-39-38-45(3,4)5)53-44(47)37-35-33-31-29-27-25-23-21-19-17-15-13-11-9-7-2/h20,22,42H,6-19,21,23-41H2,1-5H3. The van der Waals surface area contributed by atoms with Crippen molar-refractivity contribution >= 4 is 19.8 Å². The van der Waals surface area contributed by atoms with Crippen molar-refractivity contribution in [2.75, 3.05) is 47.5 Å². The second-order valence-corrected chi connectivity index (χ2v) is 17.8. The molecule has 9 nitrogen and oxygen atoms in total. The van der Waals surface area contributed by atoms with E-state index in [1.165, 1.54) is 122 Å². The quantitative estimate of drug-likeness (QED) is 0.0198. The monoisotopic (exact) mass is 788 g/mol. The van der Waals surface area contributed by atoms with Gasteiger partial charge in [-0.05, 0) is 38.5 Å². The van der Waals surface area contributed by atoms with Crippen LogP contribution in [-0.4, -0.2) is 70.0 Å². The second kappa shape index (κ2) is 37.3. The molecule has 0 bridgehead atoms. The largest absolute Gasteiger partial charge is 0.756 e. The highest BCUT2D eigenvalue weighted by Gasteiger charge is 2.21. The van der Waals surface area contributed by atoms with Crippen molar-refractivity contribution in [1.29, 1.82) is 0 Å². The van der Waals surface area contributed by atoms with Gasteiger partial charge in [0.15, 0.2) is 6.10 Å². The maximum Gasteiger partial charge on any atom is 0.306 e. The van der Waals surface area contributed by atoms with Crippen LogP contribution in [0.15, 0.2) is 12.2 Å². The average Bonchev–Trinajstić information content (AvgIpc) is 3.12. The summed E-state index contributed by atoms with van der Waals surface area (Å²) in [7, 11) is 1.17. The maximum atomic E-state index is 12.7. The van der Waals surface area contributed by atoms with E-state index in [1.54, 1.807) is 0 Å². The molecule has 0 aromatic carbocycles. The summed E-state index contributed by atoms with van der Waals surface area (Å²) in [5, 5.41) is 0. The van der Waals surface area contributed by atoms with Gasteiger partial charge in [0.2, 0.25) is 0 Å². The van der Waals surface area contributed by atoms with Gasteiger partial charge in [-0.2, -0.15) is 0 Å². The van der Waals surface area contributed by atoms with E-state index >= 15 is 0 Å². The summed E-state index contributed by atoms with van der Waals surface area (Å²) in [5.41, 5.74) is 0. The van der Waals surface area contributed by atoms with Crippen LogP contribution < -0.4 is 4.89 Å². The van der Waals surface area contributed by atoms with E-state index in [0.717, 1.165) is 51.4 Å². The van der Waals surface area contributed by atoms with E-state index in [-0.39, 0.29) is 32.0 Å². The van der Waals surface area contributed by atoms with Gasteiger partial charge in [0.1, 0.15) is 19.8 Å². The predicted octanol–water partition coefficient (Wildman–Crippen LogP) is 11.9. The molecule has 10 heteroatoms. The smallest absolute Gasteiger partial charge is 0.306 e. The number of ether oxygens (including phenoxy) is 2. The van der Waals surface area contributed by atoms with Crippen LogP contribution in [-0.2, 0) is 32.7 Å². The van der Waals surface area contributed by atoms with E-state index in [4.69, 9.17) is 18.5 Å². The number of phosphoric ester groups is 1. The molecule has 0 aliphatic heterocycles. The minimum atomic E-state index is -4.62. The first-order valence-electron chi connectivity index (χ1n) is 22.4. The molecular weight excluding hydrogens is 701 g/mol. The second-order valence-electron chi connectivity index (χ2n) is 16.4. The molecule has 0 aliphatic rings. The molecule has 0 aromatic rings. The molecule has 0 rings (SSSR count). The van der Waals surface area contributed by atoms with Gasteiger partial charge < -0.3 is 27.9 Å². The SMILES string of the molecule is CCCCCCCCC=CCCCCCCCC(=O)OCC(COP(=O)([O-])OCC[N+](C)(C)C)OC(=O)CCCCCCCCCCCCCCCCC. The van der Waals surface area contributed by atoms with E-state index < -0.39 is 26.5 Å². The summed E-state index contributed by atoms with van der Waals surface area (Å²) >= 11 is 0. The Labute approximate surface area is 333 Å². The zero-order valence-corrected chi connectivity index (χ0v) is 36.8. The van der Waals surface area contributed by atoms with Crippen molar-refractivity contribution in [2.24, 2.45) is 0 Å². The summed E-state index contributed by atoms with van der Waals surface area (Å²) in [6.07, 6.45) is 38.0. The van der Waals surface area contributed by atoms with Crippen molar-refractivity contribution in [2.45, 2.75) is 213 Å². The van der Waals surface area contributed by atoms with Gasteiger partial charge in [0.25, 0.3) is 7.82 Å². The molecular formula is C44H86NO8P. The van der Waals surface area contributed by atoms with Gasteiger partial charge in [0.05, 0.1) is 27.7 Å². The van der Waals surface area contributed by atoms with Crippen LogP contribution in [0.3, 0.4) is 0 Å². The van der Waals surface area contributed by atoms with Crippen LogP contribution >= 0.6 is 7.82 Å². The maximum absolute atomic E-state index is 12.7. The fourth-order valence-electron chi connectivity index (χ4n) is 6.24. The molecule has 0 N–H and O–H groups in total. The van der Waals surface area contributed by atoms with E-state index in [2.05, 4.69) is 26.0 Å². The number of hydrogen-bond donors (Lipinski definition) is 0. The first-order chi connectivity index (χ1) is 26.0. The lowest BCUT2D eigenvalue weighted by Gasteiger charge is -2.28. The fourth-order valence-corrected chi connectivity index (χ4v) is 6.97. The Bertz CT molecular complexity index is 938. The Hall–Kier alpha value is -1.25. The van der Waals surface area contributed by atoms with Crippen LogP contribution in [0.1, 0.15) is 206 Å². The molecule has 0 spiro atoms. The van der Waals surface area contributed by atoms with Crippen LogP contribution in [0.2, 0.25) is 0 Å². The lowest BCUT2D eigenvalue weighted by atomic mass is 10.0. The Morgan fingerprint density at radius 3 is 1.37 bits per heavy atom. The molecule has 54 heavy (non-hydrogen) atoms. The topological polar surface area (TPSA) is 111 Å². The van der Waals surface area contributed by atoms with Crippen LogP contribution in [0.5, 0.6) is 0 Å². The van der Waals surface area contributed by atoms with Crippen molar-refractivity contribution in [3.05, 3.63) is 12.2 Å². The van der Waals surface area contributed by atoms with Gasteiger partial charge in [-0.1, -0.05) is 167 Å². The highest BCUT2D eigenvalue weighted by Crippen LogP contribution is 2.38. The Morgan fingerprint density at radius 2 is 0.944 bits per heavy atom. The number of phosphoric acid groups is 1. The number of carbonyl (C=O) groups excluding carboxylic acids is 2. The molecule has 0 saturated heterocycles. The third-order valence-corrected chi connectivity index (χ3v) is 10.7. The van der Waals surface area contributed by atoms with Crippen molar-refractivity contribution in [3.63, 3.8) is 0 Å². The molecule has 0 amide bonds. The van der Waals surface area contributed by atoms with Gasteiger partial charge in [0, 0.05) is 12.8 Å². The fraction of sp³-hybridized carbons (Fsp3) is 0.909. The van der Waals surface area contributed by atoms with E-state index in [9.17, 15) is 19.0 Å². The number of likely N-dealkylation sites (N-methyl/N-ethyl adjacent to an activating group) is 1. The van der Waals surface area contributed by atoms with Gasteiger partial charge >= 0.3 is 11.9 Å². The van der Waals surface area contributed by atoms with Gasteiger partial charge in [-0.3, -0.25) is 14.2 Å². The number of carbonyl (C=O) groups is 2. The van der Waals surface area contributed by atoms with Crippen molar-refractivity contribution in [1.82, 2.24) is 0 Å². The molecule has 0 fully saturated rings. The summed E-state index contributed by atoms with van der Waals surface area (Å²) in [4.78, 5) is 37.5. The van der Waals surface area contributed by atoms with Crippen LogP contribution in [0.25, 0.3) is 0 Å². The first kappa shape index (κ1) is 52.8. The molecule has 2 unspecified atom stereocenters.